The zero-order chi connectivity index (χ0) is 22.6. The van der Waals surface area contributed by atoms with Crippen molar-refractivity contribution in [3.8, 4) is 16.9 Å². The average Bonchev–Trinajstić information content (AvgIpc) is 2.81. The Bertz CT molecular complexity index is 746. The summed E-state index contributed by atoms with van der Waals surface area (Å²) in [5.74, 6) is 2.69. The quantitative estimate of drug-likeness (QED) is 0.281. The number of halogens is 2. The van der Waals surface area contributed by atoms with Gasteiger partial charge in [0.05, 0.1) is 0 Å². The van der Waals surface area contributed by atoms with Crippen LogP contribution < -0.4 is 4.74 Å². The van der Waals surface area contributed by atoms with Crippen molar-refractivity contribution in [3.05, 3.63) is 60.0 Å². The molecular weight excluding hydrogens is 402 g/mol. The van der Waals surface area contributed by atoms with E-state index in [9.17, 15) is 8.78 Å². The first-order chi connectivity index (χ1) is 15.7. The van der Waals surface area contributed by atoms with E-state index in [4.69, 9.17) is 0 Å². The number of ether oxygens (including phenoxy) is 1. The lowest BCUT2D eigenvalue weighted by atomic mass is 9.77. The summed E-state index contributed by atoms with van der Waals surface area (Å²) in [5, 5.41) is 0. The van der Waals surface area contributed by atoms with Crippen LogP contribution in [0.2, 0.25) is 0 Å². The van der Waals surface area contributed by atoms with Crippen LogP contribution in [0.25, 0.3) is 11.1 Å². The molecule has 1 radical (unpaired) electrons. The molecule has 1 nitrogen and oxygen atoms in total. The second-order valence-electron chi connectivity index (χ2n) is 9.29. The first kappa shape index (κ1) is 24.7. The second kappa shape index (κ2) is 13.6. The Labute approximate surface area is 193 Å². The van der Waals surface area contributed by atoms with Gasteiger partial charge in [0, 0.05) is 5.92 Å². The van der Waals surface area contributed by atoms with Gasteiger partial charge in [0.15, 0.2) is 0 Å². The molecule has 1 saturated carbocycles. The number of unbranched alkanes of at least 4 members (excludes halogenated alkanes) is 7. The van der Waals surface area contributed by atoms with Gasteiger partial charge in [0.2, 0.25) is 0 Å². The highest BCUT2D eigenvalue weighted by Crippen LogP contribution is 2.37. The summed E-state index contributed by atoms with van der Waals surface area (Å²) in [7, 11) is 0. The molecule has 3 rings (SSSR count). The number of rotatable bonds is 13. The van der Waals surface area contributed by atoms with E-state index in [-0.39, 0.29) is 5.75 Å². The summed E-state index contributed by atoms with van der Waals surface area (Å²) in [6, 6.07) is 15.6. The molecule has 0 amide bonds. The maximum Gasteiger partial charge on any atom is 0.387 e. The van der Waals surface area contributed by atoms with E-state index in [0.29, 0.717) is 0 Å². The normalized spacial score (nSPS) is 15.4. The molecule has 0 atom stereocenters. The van der Waals surface area contributed by atoms with Crippen LogP contribution in [-0.4, -0.2) is 6.61 Å². The molecule has 2 aromatic carbocycles. The Balaban J connectivity index is 1.37. The Morgan fingerprint density at radius 1 is 0.719 bits per heavy atom. The van der Waals surface area contributed by atoms with E-state index >= 15 is 0 Å². The molecule has 0 unspecified atom stereocenters. The minimum Gasteiger partial charge on any atom is -0.435 e. The molecule has 0 heterocycles. The lowest BCUT2D eigenvalue weighted by Crippen LogP contribution is -2.14. The fourth-order valence-electron chi connectivity index (χ4n) is 4.90. The molecule has 0 N–H and O–H groups in total. The molecule has 1 aliphatic rings. The van der Waals surface area contributed by atoms with Crippen molar-refractivity contribution in [1.29, 1.82) is 0 Å². The summed E-state index contributed by atoms with van der Waals surface area (Å²) in [6.07, 6.45) is 17.8. The van der Waals surface area contributed by atoms with Crippen LogP contribution in [0.1, 0.15) is 96.0 Å². The summed E-state index contributed by atoms with van der Waals surface area (Å²) in [5.41, 5.74) is 3.47. The van der Waals surface area contributed by atoms with Gasteiger partial charge in [-0.25, -0.2) is 0 Å². The van der Waals surface area contributed by atoms with Gasteiger partial charge in [-0.1, -0.05) is 101 Å². The van der Waals surface area contributed by atoms with Gasteiger partial charge in [-0.15, -0.1) is 0 Å². The summed E-state index contributed by atoms with van der Waals surface area (Å²) >= 11 is 0. The van der Waals surface area contributed by atoms with Gasteiger partial charge in [0.1, 0.15) is 5.75 Å². The highest BCUT2D eigenvalue weighted by atomic mass is 19.3. The smallest absolute Gasteiger partial charge is 0.387 e. The highest BCUT2D eigenvalue weighted by Gasteiger charge is 2.22. The van der Waals surface area contributed by atoms with Crippen molar-refractivity contribution in [2.45, 2.75) is 97.0 Å². The molecule has 175 valence electrons. The van der Waals surface area contributed by atoms with Crippen molar-refractivity contribution < 1.29 is 13.5 Å². The topological polar surface area (TPSA) is 9.23 Å². The third kappa shape index (κ3) is 8.22. The van der Waals surface area contributed by atoms with Gasteiger partial charge in [-0.05, 0) is 60.4 Å². The highest BCUT2D eigenvalue weighted by molar-refractivity contribution is 5.65. The minimum absolute atomic E-state index is 0.194. The third-order valence-electron chi connectivity index (χ3n) is 6.88. The lowest BCUT2D eigenvalue weighted by molar-refractivity contribution is -0.0498. The maximum atomic E-state index is 12.3. The minimum atomic E-state index is -2.78. The zero-order valence-corrected chi connectivity index (χ0v) is 19.6. The summed E-state index contributed by atoms with van der Waals surface area (Å²) in [4.78, 5) is 0. The first-order valence-electron chi connectivity index (χ1n) is 12.7. The van der Waals surface area contributed by atoms with Crippen LogP contribution in [-0.2, 0) is 0 Å². The Hall–Kier alpha value is -1.90. The van der Waals surface area contributed by atoms with Crippen LogP contribution in [0, 0.1) is 11.8 Å². The predicted octanol–water partition coefficient (Wildman–Crippen LogP) is 9.60. The van der Waals surface area contributed by atoms with Crippen molar-refractivity contribution in [2.24, 2.45) is 5.92 Å². The van der Waals surface area contributed by atoms with E-state index in [1.165, 1.54) is 89.0 Å². The fraction of sp³-hybridized carbons (Fsp3) is 0.552. The van der Waals surface area contributed by atoms with E-state index in [2.05, 4.69) is 35.9 Å². The van der Waals surface area contributed by atoms with E-state index < -0.39 is 6.61 Å². The molecule has 2 aromatic rings. The Kier molecular flexibility index (Phi) is 10.5. The van der Waals surface area contributed by atoms with Crippen LogP contribution in [0.15, 0.2) is 48.5 Å². The van der Waals surface area contributed by atoms with Crippen molar-refractivity contribution in [3.63, 3.8) is 0 Å². The molecule has 0 spiro atoms. The fourth-order valence-corrected chi connectivity index (χ4v) is 4.90. The number of hydrogen-bond donors (Lipinski definition) is 0. The molecule has 0 aromatic heterocycles. The molecule has 1 aliphatic carbocycles. The lowest BCUT2D eigenvalue weighted by Gasteiger charge is -2.28. The van der Waals surface area contributed by atoms with E-state index in [1.807, 2.05) is 12.1 Å². The molecule has 32 heavy (non-hydrogen) atoms. The summed E-state index contributed by atoms with van der Waals surface area (Å²) in [6.45, 7) is -0.506. The second-order valence-corrected chi connectivity index (χ2v) is 9.29. The SMILES string of the molecule is CCCCCCCCCCC1CC[C](c2ccc(-c3ccc(OC(F)F)cc3)cc2)CC1. The molecule has 1 fully saturated rings. The maximum absolute atomic E-state index is 12.3. The van der Waals surface area contributed by atoms with Crippen LogP contribution in [0.4, 0.5) is 8.78 Å². The third-order valence-corrected chi connectivity index (χ3v) is 6.88. The van der Waals surface area contributed by atoms with Gasteiger partial charge < -0.3 is 4.74 Å². The van der Waals surface area contributed by atoms with Crippen molar-refractivity contribution >= 4 is 0 Å². The van der Waals surface area contributed by atoms with E-state index in [0.717, 1.165) is 17.0 Å². The Morgan fingerprint density at radius 2 is 1.22 bits per heavy atom. The Morgan fingerprint density at radius 3 is 1.78 bits per heavy atom. The van der Waals surface area contributed by atoms with Crippen molar-refractivity contribution in [1.82, 2.24) is 0 Å². The van der Waals surface area contributed by atoms with Gasteiger partial charge >= 0.3 is 6.61 Å². The van der Waals surface area contributed by atoms with Crippen LogP contribution in [0.3, 0.4) is 0 Å². The molecule has 0 bridgehead atoms. The standard InChI is InChI=1S/C29H39F2O/c1-2-3-4-5-6-7-8-9-10-23-11-13-24(14-12-23)25-15-17-26(18-16-25)27-19-21-28(22-20-27)32-29(30)31/h15-23,29H,2-14H2,1H3. The predicted molar refractivity (Wildman–Crippen MR) is 130 cm³/mol. The van der Waals surface area contributed by atoms with Gasteiger partial charge in [0.25, 0.3) is 0 Å². The first-order valence-corrected chi connectivity index (χ1v) is 12.7. The van der Waals surface area contributed by atoms with Crippen molar-refractivity contribution in [2.75, 3.05) is 0 Å². The number of hydrogen-bond acceptors (Lipinski definition) is 1. The molecule has 3 heteroatoms. The number of benzene rings is 2. The van der Waals surface area contributed by atoms with E-state index in [1.54, 1.807) is 18.1 Å². The largest absolute Gasteiger partial charge is 0.435 e. The van der Waals surface area contributed by atoms with Crippen LogP contribution >= 0.6 is 0 Å². The van der Waals surface area contributed by atoms with Gasteiger partial charge in [-0.3, -0.25) is 0 Å². The summed E-state index contributed by atoms with van der Waals surface area (Å²) < 4.78 is 29.0. The van der Waals surface area contributed by atoms with Crippen LogP contribution in [0.5, 0.6) is 5.75 Å². The molecule has 0 saturated heterocycles. The van der Waals surface area contributed by atoms with Gasteiger partial charge in [-0.2, -0.15) is 8.78 Å². The monoisotopic (exact) mass is 441 g/mol. The zero-order valence-electron chi connectivity index (χ0n) is 19.6. The molecular formula is C29H39F2O. The number of alkyl halides is 2. The molecule has 0 aliphatic heterocycles. The average molecular weight is 442 g/mol.